The summed E-state index contributed by atoms with van der Waals surface area (Å²) in [5, 5.41) is 20.7. The fourth-order valence-corrected chi connectivity index (χ4v) is 4.23. The van der Waals surface area contributed by atoms with Crippen molar-refractivity contribution in [3.8, 4) is 5.75 Å². The molecule has 2 aliphatic heterocycles. The number of piperidine rings is 1. The standard InChI is InChI=1S/C21H31N3O5/c1-16(25)24-11-10-22(13-17(14-24)20(26)27)15-21(28)6-8-23(9-7-21)18-4-3-5-19(12-18)29-2/h3-5,12,17,28H,6-11,13-15H2,1-2H3,(H,26,27). The summed E-state index contributed by atoms with van der Waals surface area (Å²) >= 11 is 0. The summed E-state index contributed by atoms with van der Waals surface area (Å²) in [7, 11) is 1.65. The number of nitrogens with zero attached hydrogens (tertiary/aromatic N) is 3. The van der Waals surface area contributed by atoms with E-state index in [0.717, 1.165) is 24.5 Å². The van der Waals surface area contributed by atoms with E-state index in [4.69, 9.17) is 4.74 Å². The van der Waals surface area contributed by atoms with Gasteiger partial charge in [-0.2, -0.15) is 0 Å². The van der Waals surface area contributed by atoms with Crippen molar-refractivity contribution >= 4 is 17.6 Å². The molecular formula is C21H31N3O5. The Labute approximate surface area is 171 Å². The molecule has 1 aromatic carbocycles. The van der Waals surface area contributed by atoms with E-state index in [1.165, 1.54) is 6.92 Å². The fourth-order valence-electron chi connectivity index (χ4n) is 4.23. The first kappa shape index (κ1) is 21.4. The Morgan fingerprint density at radius 1 is 1.17 bits per heavy atom. The number of rotatable bonds is 5. The predicted octanol–water partition coefficient (Wildman–Crippen LogP) is 0.891. The molecule has 2 fully saturated rings. The Balaban J connectivity index is 1.61. The van der Waals surface area contributed by atoms with Crippen LogP contribution in [0.15, 0.2) is 24.3 Å². The van der Waals surface area contributed by atoms with Crippen LogP contribution in [0.5, 0.6) is 5.75 Å². The zero-order valence-electron chi connectivity index (χ0n) is 17.2. The molecule has 8 heteroatoms. The lowest BCUT2D eigenvalue weighted by Crippen LogP contribution is -2.52. The number of aliphatic carboxylic acids is 1. The zero-order chi connectivity index (χ0) is 21.0. The number of carboxylic acid groups (broad SMARTS) is 1. The minimum Gasteiger partial charge on any atom is -0.497 e. The fraction of sp³-hybridized carbons (Fsp3) is 0.619. The number of benzene rings is 1. The van der Waals surface area contributed by atoms with Crippen LogP contribution in [-0.4, -0.2) is 90.4 Å². The number of carbonyl (C=O) groups is 2. The van der Waals surface area contributed by atoms with Gasteiger partial charge in [0.15, 0.2) is 0 Å². The molecular weight excluding hydrogens is 374 g/mol. The van der Waals surface area contributed by atoms with Gasteiger partial charge in [0.05, 0.1) is 18.6 Å². The molecule has 2 aliphatic rings. The van der Waals surface area contributed by atoms with Gasteiger partial charge in [-0.25, -0.2) is 0 Å². The molecule has 0 bridgehead atoms. The average Bonchev–Trinajstić information content (AvgIpc) is 2.91. The Morgan fingerprint density at radius 3 is 2.52 bits per heavy atom. The molecule has 0 aliphatic carbocycles. The van der Waals surface area contributed by atoms with E-state index >= 15 is 0 Å². The van der Waals surface area contributed by atoms with Gasteiger partial charge in [0.2, 0.25) is 5.91 Å². The van der Waals surface area contributed by atoms with Gasteiger partial charge in [-0.1, -0.05) is 6.07 Å². The molecule has 0 aromatic heterocycles. The van der Waals surface area contributed by atoms with Crippen molar-refractivity contribution in [1.29, 1.82) is 0 Å². The molecule has 160 valence electrons. The highest BCUT2D eigenvalue weighted by atomic mass is 16.5. The van der Waals surface area contributed by atoms with Crippen molar-refractivity contribution in [2.45, 2.75) is 25.4 Å². The van der Waals surface area contributed by atoms with Crippen LogP contribution in [0.1, 0.15) is 19.8 Å². The van der Waals surface area contributed by atoms with Gasteiger partial charge >= 0.3 is 5.97 Å². The first-order valence-electron chi connectivity index (χ1n) is 10.1. The minimum atomic E-state index is -0.900. The van der Waals surface area contributed by atoms with Crippen LogP contribution >= 0.6 is 0 Å². The molecule has 29 heavy (non-hydrogen) atoms. The van der Waals surface area contributed by atoms with Crippen LogP contribution in [0.2, 0.25) is 0 Å². The van der Waals surface area contributed by atoms with Gasteiger partial charge < -0.3 is 24.7 Å². The van der Waals surface area contributed by atoms with Crippen LogP contribution in [-0.2, 0) is 9.59 Å². The monoisotopic (exact) mass is 405 g/mol. The number of hydrogen-bond donors (Lipinski definition) is 2. The lowest BCUT2D eigenvalue weighted by molar-refractivity contribution is -0.143. The van der Waals surface area contributed by atoms with E-state index < -0.39 is 17.5 Å². The number of hydrogen-bond acceptors (Lipinski definition) is 6. The molecule has 0 radical (unpaired) electrons. The lowest BCUT2D eigenvalue weighted by Gasteiger charge is -2.42. The number of amides is 1. The third-order valence-corrected chi connectivity index (χ3v) is 6.03. The predicted molar refractivity (Wildman–Crippen MR) is 109 cm³/mol. The van der Waals surface area contributed by atoms with Gasteiger partial charge in [-0.3, -0.25) is 14.5 Å². The van der Waals surface area contributed by atoms with Crippen LogP contribution in [0.3, 0.4) is 0 Å². The smallest absolute Gasteiger partial charge is 0.309 e. The average molecular weight is 405 g/mol. The number of carbonyl (C=O) groups excluding carboxylic acids is 1. The SMILES string of the molecule is COc1cccc(N2CCC(O)(CN3CCN(C(C)=O)CC(C(=O)O)C3)CC2)c1. The van der Waals surface area contributed by atoms with Crippen LogP contribution in [0.4, 0.5) is 5.69 Å². The first-order valence-corrected chi connectivity index (χ1v) is 10.1. The van der Waals surface area contributed by atoms with Gasteiger partial charge in [0, 0.05) is 64.5 Å². The Morgan fingerprint density at radius 2 is 1.90 bits per heavy atom. The third-order valence-electron chi connectivity index (χ3n) is 6.03. The number of aliphatic hydroxyl groups is 1. The molecule has 1 amide bonds. The maximum absolute atomic E-state index is 11.7. The van der Waals surface area contributed by atoms with E-state index in [2.05, 4.69) is 4.90 Å². The molecule has 1 atom stereocenters. The van der Waals surface area contributed by atoms with Gasteiger partial charge in [-0.05, 0) is 25.0 Å². The second-order valence-corrected chi connectivity index (χ2v) is 8.15. The molecule has 2 saturated heterocycles. The Kier molecular flexibility index (Phi) is 6.64. The Hall–Kier alpha value is -2.32. The Bertz CT molecular complexity index is 733. The van der Waals surface area contributed by atoms with Gasteiger partial charge in [0.25, 0.3) is 0 Å². The molecule has 8 nitrogen and oxygen atoms in total. The van der Waals surface area contributed by atoms with Crippen LogP contribution in [0.25, 0.3) is 0 Å². The van der Waals surface area contributed by atoms with E-state index in [0.29, 0.717) is 39.0 Å². The summed E-state index contributed by atoms with van der Waals surface area (Å²) in [6.45, 7) is 4.98. The van der Waals surface area contributed by atoms with E-state index in [1.807, 2.05) is 29.2 Å². The summed E-state index contributed by atoms with van der Waals surface area (Å²) < 4.78 is 5.30. The van der Waals surface area contributed by atoms with Crippen molar-refractivity contribution in [2.75, 3.05) is 57.8 Å². The third kappa shape index (κ3) is 5.39. The van der Waals surface area contributed by atoms with Crippen LogP contribution < -0.4 is 9.64 Å². The van der Waals surface area contributed by atoms with E-state index in [9.17, 15) is 19.8 Å². The molecule has 1 aromatic rings. The van der Waals surface area contributed by atoms with Crippen molar-refractivity contribution in [3.05, 3.63) is 24.3 Å². The van der Waals surface area contributed by atoms with Crippen LogP contribution in [0, 0.1) is 5.92 Å². The first-order chi connectivity index (χ1) is 13.8. The van der Waals surface area contributed by atoms with Gasteiger partial charge in [-0.15, -0.1) is 0 Å². The topological polar surface area (TPSA) is 93.6 Å². The number of methoxy groups -OCH3 is 1. The van der Waals surface area contributed by atoms with Crippen molar-refractivity contribution in [3.63, 3.8) is 0 Å². The van der Waals surface area contributed by atoms with Crippen molar-refractivity contribution in [1.82, 2.24) is 9.80 Å². The summed E-state index contributed by atoms with van der Waals surface area (Å²) in [6.07, 6.45) is 1.21. The highest BCUT2D eigenvalue weighted by Crippen LogP contribution is 2.29. The zero-order valence-corrected chi connectivity index (χ0v) is 17.2. The molecule has 0 spiro atoms. The molecule has 2 N–H and O–H groups in total. The second kappa shape index (κ2) is 9.00. The molecule has 0 saturated carbocycles. The number of β-amino-alcohol motifs (C(OH)–C–C–N with tert-alkyl or cyclic N) is 1. The number of carboxylic acids is 1. The van der Waals surface area contributed by atoms with Crippen molar-refractivity contribution < 1.29 is 24.5 Å². The van der Waals surface area contributed by atoms with E-state index in [1.54, 1.807) is 12.0 Å². The second-order valence-electron chi connectivity index (χ2n) is 8.15. The largest absolute Gasteiger partial charge is 0.497 e. The summed E-state index contributed by atoms with van der Waals surface area (Å²) in [5.74, 6) is -0.837. The number of ether oxygens (including phenoxy) is 1. The van der Waals surface area contributed by atoms with Crippen molar-refractivity contribution in [2.24, 2.45) is 5.92 Å². The number of anilines is 1. The summed E-state index contributed by atoms with van der Waals surface area (Å²) in [5.41, 5.74) is 0.216. The minimum absolute atomic E-state index is 0.108. The maximum Gasteiger partial charge on any atom is 0.309 e. The summed E-state index contributed by atoms with van der Waals surface area (Å²) in [4.78, 5) is 29.2. The highest BCUT2D eigenvalue weighted by molar-refractivity contribution is 5.75. The molecule has 1 unspecified atom stereocenters. The quantitative estimate of drug-likeness (QED) is 0.751. The maximum atomic E-state index is 11.7. The summed E-state index contributed by atoms with van der Waals surface area (Å²) in [6, 6.07) is 7.90. The van der Waals surface area contributed by atoms with E-state index in [-0.39, 0.29) is 12.5 Å². The molecule has 3 rings (SSSR count). The van der Waals surface area contributed by atoms with Gasteiger partial charge in [0.1, 0.15) is 5.75 Å². The lowest BCUT2D eigenvalue weighted by atomic mass is 9.90. The normalized spacial score (nSPS) is 22.8. The molecule has 2 heterocycles. The highest BCUT2D eigenvalue weighted by Gasteiger charge is 2.37.